The van der Waals surface area contributed by atoms with Crippen LogP contribution in [0.15, 0.2) is 18.2 Å². The quantitative estimate of drug-likeness (QED) is 0.736. The molecule has 0 amide bonds. The van der Waals surface area contributed by atoms with Crippen LogP contribution in [0.4, 0.5) is 4.39 Å². The molecule has 0 aliphatic rings. The van der Waals surface area contributed by atoms with Gasteiger partial charge in [0.2, 0.25) is 0 Å². The summed E-state index contributed by atoms with van der Waals surface area (Å²) >= 11 is 5.75. The predicted molar refractivity (Wildman–Crippen MR) is 60.8 cm³/mol. The molecule has 0 radical (unpaired) electrons. The zero-order valence-electron chi connectivity index (χ0n) is 9.00. The Morgan fingerprint density at radius 1 is 1.50 bits per heavy atom. The SMILES string of the molecule is CC(O)(CO)CNCc1cccc(F)c1Cl. The molecule has 0 bridgehead atoms. The molecule has 1 rings (SSSR count). The Hall–Kier alpha value is -0.680. The number of halogens is 2. The van der Waals surface area contributed by atoms with Gasteiger partial charge < -0.3 is 15.5 Å². The van der Waals surface area contributed by atoms with Crippen LogP contribution < -0.4 is 5.32 Å². The molecule has 0 aliphatic carbocycles. The molecule has 1 aromatic rings. The summed E-state index contributed by atoms with van der Waals surface area (Å²) in [4.78, 5) is 0. The molecule has 5 heteroatoms. The monoisotopic (exact) mass is 247 g/mol. The Labute approximate surface area is 98.9 Å². The van der Waals surface area contributed by atoms with Crippen LogP contribution in [0.2, 0.25) is 5.02 Å². The van der Waals surface area contributed by atoms with Crippen molar-refractivity contribution < 1.29 is 14.6 Å². The number of benzene rings is 1. The molecule has 1 unspecified atom stereocenters. The van der Waals surface area contributed by atoms with E-state index in [0.717, 1.165) is 0 Å². The molecule has 0 fully saturated rings. The zero-order valence-corrected chi connectivity index (χ0v) is 9.76. The fourth-order valence-electron chi connectivity index (χ4n) is 1.21. The summed E-state index contributed by atoms with van der Waals surface area (Å²) in [5.41, 5.74) is -0.560. The predicted octanol–water partition coefficient (Wildman–Crippen LogP) is 1.31. The van der Waals surface area contributed by atoms with Gasteiger partial charge in [-0.3, -0.25) is 0 Å². The van der Waals surface area contributed by atoms with E-state index in [1.807, 2.05) is 0 Å². The third-order valence-electron chi connectivity index (χ3n) is 2.19. The van der Waals surface area contributed by atoms with Gasteiger partial charge in [-0.05, 0) is 18.6 Å². The number of aliphatic hydroxyl groups is 2. The lowest BCUT2D eigenvalue weighted by Gasteiger charge is -2.20. The van der Waals surface area contributed by atoms with E-state index in [1.165, 1.54) is 13.0 Å². The summed E-state index contributed by atoms with van der Waals surface area (Å²) in [6, 6.07) is 4.56. The van der Waals surface area contributed by atoms with Gasteiger partial charge in [0.25, 0.3) is 0 Å². The summed E-state index contributed by atoms with van der Waals surface area (Å²) in [6.07, 6.45) is 0. The first-order valence-corrected chi connectivity index (χ1v) is 5.31. The maximum atomic E-state index is 13.1. The van der Waals surface area contributed by atoms with Gasteiger partial charge in [0.05, 0.1) is 17.2 Å². The number of hydrogen-bond acceptors (Lipinski definition) is 3. The van der Waals surface area contributed by atoms with Crippen molar-refractivity contribution in [3.63, 3.8) is 0 Å². The summed E-state index contributed by atoms with van der Waals surface area (Å²) in [5.74, 6) is -0.463. The summed E-state index contributed by atoms with van der Waals surface area (Å²) in [6.45, 7) is 1.72. The molecule has 0 spiro atoms. The molecule has 3 nitrogen and oxygen atoms in total. The average Bonchev–Trinajstić information content (AvgIpc) is 2.24. The molecule has 0 aromatic heterocycles. The highest BCUT2D eigenvalue weighted by atomic mass is 35.5. The molecule has 90 valence electrons. The minimum absolute atomic E-state index is 0.0821. The third-order valence-corrected chi connectivity index (χ3v) is 2.62. The molecular weight excluding hydrogens is 233 g/mol. The van der Waals surface area contributed by atoms with Gasteiger partial charge in [0.15, 0.2) is 0 Å². The molecular formula is C11H15ClFNO2. The van der Waals surface area contributed by atoms with E-state index in [-0.39, 0.29) is 18.2 Å². The van der Waals surface area contributed by atoms with Gasteiger partial charge >= 0.3 is 0 Å². The van der Waals surface area contributed by atoms with Crippen LogP contribution in [0.25, 0.3) is 0 Å². The van der Waals surface area contributed by atoms with Gasteiger partial charge in [0.1, 0.15) is 5.82 Å². The summed E-state index contributed by atoms with van der Waals surface area (Å²) < 4.78 is 13.1. The van der Waals surface area contributed by atoms with Gasteiger partial charge in [-0.2, -0.15) is 0 Å². The van der Waals surface area contributed by atoms with Crippen LogP contribution in [0, 0.1) is 5.82 Å². The van der Waals surface area contributed by atoms with E-state index in [0.29, 0.717) is 12.1 Å². The highest BCUT2D eigenvalue weighted by Gasteiger charge is 2.18. The van der Waals surface area contributed by atoms with E-state index in [2.05, 4.69) is 5.32 Å². The second kappa shape index (κ2) is 5.59. The third kappa shape index (κ3) is 3.72. The molecule has 0 saturated heterocycles. The lowest BCUT2D eigenvalue weighted by molar-refractivity contribution is 0.00254. The standard InChI is InChI=1S/C11H15ClFNO2/c1-11(16,7-15)6-14-5-8-3-2-4-9(13)10(8)12/h2-4,14-16H,5-7H2,1H3. The normalized spacial score (nSPS) is 14.8. The Morgan fingerprint density at radius 3 is 2.81 bits per heavy atom. The van der Waals surface area contributed by atoms with E-state index in [1.54, 1.807) is 12.1 Å². The van der Waals surface area contributed by atoms with Crippen LogP contribution >= 0.6 is 11.6 Å². The molecule has 0 heterocycles. The largest absolute Gasteiger partial charge is 0.393 e. The summed E-state index contributed by atoms with van der Waals surface area (Å²) in [7, 11) is 0. The second-order valence-corrected chi connectivity index (χ2v) is 4.35. The van der Waals surface area contributed by atoms with Crippen molar-refractivity contribution in [2.75, 3.05) is 13.2 Å². The van der Waals surface area contributed by atoms with E-state index < -0.39 is 11.4 Å². The fourth-order valence-corrected chi connectivity index (χ4v) is 1.40. The van der Waals surface area contributed by atoms with E-state index in [9.17, 15) is 9.50 Å². The molecule has 1 atom stereocenters. The Balaban J connectivity index is 2.53. The zero-order chi connectivity index (χ0) is 12.2. The first kappa shape index (κ1) is 13.4. The van der Waals surface area contributed by atoms with Gasteiger partial charge in [-0.25, -0.2) is 4.39 Å². The van der Waals surface area contributed by atoms with Crippen molar-refractivity contribution in [3.05, 3.63) is 34.6 Å². The van der Waals surface area contributed by atoms with Crippen LogP contribution in [-0.4, -0.2) is 29.0 Å². The Morgan fingerprint density at radius 2 is 2.19 bits per heavy atom. The van der Waals surface area contributed by atoms with Crippen molar-refractivity contribution in [1.29, 1.82) is 0 Å². The van der Waals surface area contributed by atoms with E-state index >= 15 is 0 Å². The van der Waals surface area contributed by atoms with Gasteiger partial charge in [-0.15, -0.1) is 0 Å². The maximum Gasteiger partial charge on any atom is 0.142 e. The van der Waals surface area contributed by atoms with Crippen LogP contribution in [0.5, 0.6) is 0 Å². The van der Waals surface area contributed by atoms with Gasteiger partial charge in [0, 0.05) is 13.1 Å². The minimum atomic E-state index is -1.18. The van der Waals surface area contributed by atoms with Crippen molar-refractivity contribution >= 4 is 11.6 Å². The van der Waals surface area contributed by atoms with Crippen LogP contribution in [0.3, 0.4) is 0 Å². The number of aliphatic hydroxyl groups excluding tert-OH is 1. The Bertz CT molecular complexity index is 358. The van der Waals surface area contributed by atoms with Crippen molar-refractivity contribution in [2.24, 2.45) is 0 Å². The Kier molecular flexibility index (Phi) is 4.68. The van der Waals surface area contributed by atoms with Crippen molar-refractivity contribution in [2.45, 2.75) is 19.1 Å². The molecule has 0 aliphatic heterocycles. The number of rotatable bonds is 5. The van der Waals surface area contributed by atoms with Gasteiger partial charge in [-0.1, -0.05) is 23.7 Å². The minimum Gasteiger partial charge on any atom is -0.393 e. The topological polar surface area (TPSA) is 52.5 Å². The first-order chi connectivity index (χ1) is 7.46. The summed E-state index contributed by atoms with van der Waals surface area (Å²) in [5, 5.41) is 21.3. The molecule has 16 heavy (non-hydrogen) atoms. The lowest BCUT2D eigenvalue weighted by atomic mass is 10.1. The smallest absolute Gasteiger partial charge is 0.142 e. The highest BCUT2D eigenvalue weighted by molar-refractivity contribution is 6.31. The van der Waals surface area contributed by atoms with E-state index in [4.69, 9.17) is 16.7 Å². The lowest BCUT2D eigenvalue weighted by Crippen LogP contribution is -2.40. The number of hydrogen-bond donors (Lipinski definition) is 3. The first-order valence-electron chi connectivity index (χ1n) is 4.93. The molecule has 0 saturated carbocycles. The van der Waals surface area contributed by atoms with Crippen LogP contribution in [-0.2, 0) is 6.54 Å². The molecule has 1 aromatic carbocycles. The van der Waals surface area contributed by atoms with Crippen molar-refractivity contribution in [1.82, 2.24) is 5.32 Å². The maximum absolute atomic E-state index is 13.1. The highest BCUT2D eigenvalue weighted by Crippen LogP contribution is 2.19. The second-order valence-electron chi connectivity index (χ2n) is 3.97. The van der Waals surface area contributed by atoms with Crippen molar-refractivity contribution in [3.8, 4) is 0 Å². The average molecular weight is 248 g/mol. The number of nitrogens with one attached hydrogen (secondary N) is 1. The fraction of sp³-hybridized carbons (Fsp3) is 0.455. The van der Waals surface area contributed by atoms with Crippen LogP contribution in [0.1, 0.15) is 12.5 Å². The molecule has 3 N–H and O–H groups in total.